The zero-order valence-electron chi connectivity index (χ0n) is 10.0. The van der Waals surface area contributed by atoms with E-state index in [2.05, 4.69) is 10.1 Å². The van der Waals surface area contributed by atoms with Crippen LogP contribution in [0.3, 0.4) is 0 Å². The van der Waals surface area contributed by atoms with Crippen molar-refractivity contribution >= 4 is 5.91 Å². The van der Waals surface area contributed by atoms with Gasteiger partial charge in [0.1, 0.15) is 12.7 Å². The molecule has 6 heteroatoms. The molecular formula is C11H18N4O2. The summed E-state index contributed by atoms with van der Waals surface area (Å²) >= 11 is 0. The Bertz CT molecular complexity index is 371. The molecule has 0 unspecified atom stereocenters. The van der Waals surface area contributed by atoms with Crippen molar-refractivity contribution in [3.05, 3.63) is 12.7 Å². The average Bonchev–Trinajstić information content (AvgIpc) is 2.75. The Morgan fingerprint density at radius 1 is 1.53 bits per heavy atom. The second-order valence-electron chi connectivity index (χ2n) is 4.63. The largest absolute Gasteiger partial charge is 0.386 e. The Balaban J connectivity index is 1.72. The summed E-state index contributed by atoms with van der Waals surface area (Å²) in [6.07, 6.45) is 5.16. The Hall–Kier alpha value is -1.43. The molecule has 1 N–H and O–H groups in total. The fourth-order valence-corrected chi connectivity index (χ4v) is 2.18. The second kappa shape index (κ2) is 4.83. The molecule has 1 aromatic heterocycles. The van der Waals surface area contributed by atoms with Crippen LogP contribution >= 0.6 is 0 Å². The van der Waals surface area contributed by atoms with Crippen molar-refractivity contribution in [1.82, 2.24) is 19.7 Å². The van der Waals surface area contributed by atoms with Crippen molar-refractivity contribution in [2.24, 2.45) is 0 Å². The van der Waals surface area contributed by atoms with Gasteiger partial charge in [0.15, 0.2) is 0 Å². The molecule has 6 nitrogen and oxygen atoms in total. The molecule has 0 saturated carbocycles. The summed E-state index contributed by atoms with van der Waals surface area (Å²) < 4.78 is 1.63. The fourth-order valence-electron chi connectivity index (χ4n) is 2.18. The molecule has 1 aliphatic rings. The number of nitrogens with zero attached hydrogens (tertiary/aromatic N) is 4. The van der Waals surface area contributed by atoms with Crippen molar-refractivity contribution < 1.29 is 9.90 Å². The number of aryl methyl sites for hydroxylation is 1. The molecule has 17 heavy (non-hydrogen) atoms. The van der Waals surface area contributed by atoms with E-state index >= 15 is 0 Å². The summed E-state index contributed by atoms with van der Waals surface area (Å²) in [6.45, 7) is 3.52. The van der Waals surface area contributed by atoms with E-state index in [1.54, 1.807) is 15.9 Å². The molecule has 0 atom stereocenters. The minimum absolute atomic E-state index is 0.0706. The molecule has 94 valence electrons. The van der Waals surface area contributed by atoms with Crippen LogP contribution in [0.5, 0.6) is 0 Å². The molecule has 1 saturated heterocycles. The molecule has 1 aliphatic heterocycles. The predicted molar refractivity (Wildman–Crippen MR) is 61.1 cm³/mol. The van der Waals surface area contributed by atoms with E-state index in [-0.39, 0.29) is 5.91 Å². The number of aliphatic hydroxyl groups is 1. The molecule has 0 aliphatic carbocycles. The van der Waals surface area contributed by atoms with Crippen molar-refractivity contribution in [1.29, 1.82) is 0 Å². The number of β-amino-alcohol motifs (C(OH)–C–C–N with tert-alkyl or cyclic N) is 1. The van der Waals surface area contributed by atoms with Gasteiger partial charge >= 0.3 is 0 Å². The van der Waals surface area contributed by atoms with Crippen LogP contribution in [0.15, 0.2) is 12.7 Å². The molecule has 0 bridgehead atoms. The third kappa shape index (κ3) is 2.82. The maximum Gasteiger partial charge on any atom is 0.224 e. The molecule has 1 amide bonds. The average molecular weight is 238 g/mol. The highest BCUT2D eigenvalue weighted by molar-refractivity contribution is 5.77. The maximum atomic E-state index is 11.8. The molecule has 0 radical (unpaired) electrons. The Morgan fingerprint density at radius 2 is 2.29 bits per heavy atom. The van der Waals surface area contributed by atoms with Crippen LogP contribution < -0.4 is 0 Å². The lowest BCUT2D eigenvalue weighted by molar-refractivity contribution is -0.156. The first-order valence-corrected chi connectivity index (χ1v) is 5.95. The summed E-state index contributed by atoms with van der Waals surface area (Å²) in [5.41, 5.74) is -0.641. The number of carbonyl (C=O) groups excluding carboxylic acids is 1. The van der Waals surface area contributed by atoms with Crippen LogP contribution in [0, 0.1) is 0 Å². The van der Waals surface area contributed by atoms with Gasteiger partial charge in [0.2, 0.25) is 5.91 Å². The van der Waals surface area contributed by atoms with Gasteiger partial charge in [-0.1, -0.05) is 13.3 Å². The summed E-state index contributed by atoms with van der Waals surface area (Å²) in [5, 5.41) is 13.9. The highest BCUT2D eigenvalue weighted by Crippen LogP contribution is 2.26. The van der Waals surface area contributed by atoms with Gasteiger partial charge in [0.05, 0.1) is 25.2 Å². The van der Waals surface area contributed by atoms with Gasteiger partial charge < -0.3 is 10.0 Å². The summed E-state index contributed by atoms with van der Waals surface area (Å²) in [4.78, 5) is 17.3. The third-order valence-corrected chi connectivity index (χ3v) is 3.06. The lowest BCUT2D eigenvalue weighted by atomic mass is 9.89. The van der Waals surface area contributed by atoms with Gasteiger partial charge in [-0.3, -0.25) is 9.48 Å². The van der Waals surface area contributed by atoms with Gasteiger partial charge in [-0.15, -0.1) is 0 Å². The van der Waals surface area contributed by atoms with Gasteiger partial charge in [0, 0.05) is 6.42 Å². The smallest absolute Gasteiger partial charge is 0.224 e. The first-order chi connectivity index (χ1) is 8.13. The standard InChI is InChI=1S/C11H18N4O2/c1-2-4-11(17)6-14(7-11)10(16)3-5-15-9-12-8-13-15/h8-9,17H,2-7H2,1H3. The number of amides is 1. The van der Waals surface area contributed by atoms with Crippen LogP contribution in [-0.2, 0) is 11.3 Å². The number of carbonyl (C=O) groups is 1. The normalized spacial score (nSPS) is 17.9. The monoisotopic (exact) mass is 238 g/mol. The predicted octanol–water partition coefficient (Wildman–Crippen LogP) is 0.0416. The topological polar surface area (TPSA) is 71.2 Å². The van der Waals surface area contributed by atoms with Crippen LogP contribution in [0.2, 0.25) is 0 Å². The highest BCUT2D eigenvalue weighted by Gasteiger charge is 2.42. The quantitative estimate of drug-likeness (QED) is 0.786. The van der Waals surface area contributed by atoms with Gasteiger partial charge in [0.25, 0.3) is 0 Å². The van der Waals surface area contributed by atoms with Crippen molar-refractivity contribution in [3.63, 3.8) is 0 Å². The first-order valence-electron chi connectivity index (χ1n) is 5.95. The number of hydrogen-bond donors (Lipinski definition) is 1. The summed E-state index contributed by atoms with van der Waals surface area (Å²) in [6, 6.07) is 0. The van der Waals surface area contributed by atoms with Crippen LogP contribution in [0.4, 0.5) is 0 Å². The Kier molecular flexibility index (Phi) is 3.42. The van der Waals surface area contributed by atoms with E-state index in [0.717, 1.165) is 12.8 Å². The van der Waals surface area contributed by atoms with E-state index in [1.165, 1.54) is 6.33 Å². The van der Waals surface area contributed by atoms with Crippen molar-refractivity contribution in [2.45, 2.75) is 38.3 Å². The molecule has 2 heterocycles. The van der Waals surface area contributed by atoms with E-state index < -0.39 is 5.60 Å². The first kappa shape index (κ1) is 12.0. The molecular weight excluding hydrogens is 220 g/mol. The number of likely N-dealkylation sites (tertiary alicyclic amines) is 1. The van der Waals surface area contributed by atoms with Crippen molar-refractivity contribution in [2.75, 3.05) is 13.1 Å². The van der Waals surface area contributed by atoms with Gasteiger partial charge in [-0.05, 0) is 6.42 Å². The SMILES string of the molecule is CCCC1(O)CN(C(=O)CCn2cncn2)C1. The Labute approximate surface area is 100 Å². The molecule has 0 spiro atoms. The number of aromatic nitrogens is 3. The van der Waals surface area contributed by atoms with Crippen LogP contribution in [0.1, 0.15) is 26.2 Å². The minimum atomic E-state index is -0.641. The van der Waals surface area contributed by atoms with E-state index in [9.17, 15) is 9.90 Å². The molecule has 2 rings (SSSR count). The number of rotatable bonds is 5. The molecule has 1 fully saturated rings. The summed E-state index contributed by atoms with van der Waals surface area (Å²) in [5.74, 6) is 0.0706. The third-order valence-electron chi connectivity index (χ3n) is 3.06. The zero-order chi connectivity index (χ0) is 12.3. The Morgan fingerprint density at radius 3 is 2.88 bits per heavy atom. The number of hydrogen-bond acceptors (Lipinski definition) is 4. The molecule has 0 aromatic carbocycles. The van der Waals surface area contributed by atoms with Crippen LogP contribution in [-0.4, -0.2) is 49.4 Å². The zero-order valence-corrected chi connectivity index (χ0v) is 10.0. The van der Waals surface area contributed by atoms with Crippen LogP contribution in [0.25, 0.3) is 0 Å². The lowest BCUT2D eigenvalue weighted by Gasteiger charge is -2.46. The minimum Gasteiger partial charge on any atom is -0.386 e. The lowest BCUT2D eigenvalue weighted by Crippen LogP contribution is -2.63. The van der Waals surface area contributed by atoms with Gasteiger partial charge in [-0.25, -0.2) is 4.98 Å². The molecule has 1 aromatic rings. The fraction of sp³-hybridized carbons (Fsp3) is 0.727. The van der Waals surface area contributed by atoms with Gasteiger partial charge in [-0.2, -0.15) is 5.10 Å². The van der Waals surface area contributed by atoms with Crippen molar-refractivity contribution in [3.8, 4) is 0 Å². The maximum absolute atomic E-state index is 11.8. The van der Waals surface area contributed by atoms with E-state index in [4.69, 9.17) is 0 Å². The highest BCUT2D eigenvalue weighted by atomic mass is 16.3. The summed E-state index contributed by atoms with van der Waals surface area (Å²) in [7, 11) is 0. The van der Waals surface area contributed by atoms with E-state index in [1.807, 2.05) is 6.92 Å². The second-order valence-corrected chi connectivity index (χ2v) is 4.63. The van der Waals surface area contributed by atoms with E-state index in [0.29, 0.717) is 26.1 Å².